The van der Waals surface area contributed by atoms with Crippen LogP contribution in [0.25, 0.3) is 0 Å². The number of rotatable bonds is 3. The second-order valence-corrected chi connectivity index (χ2v) is 5.99. The number of nitrogens with two attached hydrogens (primary N) is 1. The smallest absolute Gasteiger partial charge is 0.402 e. The van der Waals surface area contributed by atoms with Crippen molar-refractivity contribution in [2.75, 3.05) is 6.54 Å². The van der Waals surface area contributed by atoms with Crippen molar-refractivity contribution in [3.8, 4) is 0 Å². The van der Waals surface area contributed by atoms with Crippen LogP contribution in [-0.4, -0.2) is 32.1 Å². The zero-order chi connectivity index (χ0) is 19.8. The van der Waals surface area contributed by atoms with E-state index in [-0.39, 0.29) is 37.6 Å². The Balaban J connectivity index is 1.68. The summed E-state index contributed by atoms with van der Waals surface area (Å²) in [5, 5.41) is 6.63. The van der Waals surface area contributed by atoms with Crippen LogP contribution in [0.5, 0.6) is 0 Å². The quantitative estimate of drug-likeness (QED) is 0.646. The standard InChI is InChI=1S/C16H14F5N5O/c17-11-2-1-9(6-12(11)18)5-10(22)7-14(27)25-3-4-26-13(8-25)23-24-15(26)16(19,20)21/h1-2,6-7H,3-5,8,22H2/b10-7-. The molecule has 0 spiro atoms. The van der Waals surface area contributed by atoms with Gasteiger partial charge in [0.25, 0.3) is 0 Å². The van der Waals surface area contributed by atoms with E-state index in [4.69, 9.17) is 5.73 Å². The van der Waals surface area contributed by atoms with E-state index in [1.807, 2.05) is 0 Å². The van der Waals surface area contributed by atoms with Gasteiger partial charge in [-0.3, -0.25) is 4.79 Å². The van der Waals surface area contributed by atoms with Crippen molar-refractivity contribution in [3.63, 3.8) is 0 Å². The zero-order valence-electron chi connectivity index (χ0n) is 13.8. The molecule has 1 aliphatic heterocycles. The summed E-state index contributed by atoms with van der Waals surface area (Å²) in [6.07, 6.45) is -3.49. The molecule has 144 valence electrons. The molecular weight excluding hydrogens is 373 g/mol. The van der Waals surface area contributed by atoms with E-state index in [1.54, 1.807) is 0 Å². The largest absolute Gasteiger partial charge is 0.451 e. The van der Waals surface area contributed by atoms with Crippen LogP contribution < -0.4 is 5.73 Å². The minimum absolute atomic E-state index is 0.0190. The first-order chi connectivity index (χ1) is 12.6. The molecule has 0 aliphatic carbocycles. The van der Waals surface area contributed by atoms with Crippen LogP contribution in [0.15, 0.2) is 30.0 Å². The molecule has 2 aromatic rings. The van der Waals surface area contributed by atoms with Crippen LogP contribution >= 0.6 is 0 Å². The Morgan fingerprint density at radius 1 is 1.19 bits per heavy atom. The molecule has 0 fully saturated rings. The Morgan fingerprint density at radius 3 is 2.59 bits per heavy atom. The average molecular weight is 387 g/mol. The molecule has 11 heteroatoms. The monoisotopic (exact) mass is 387 g/mol. The Morgan fingerprint density at radius 2 is 1.93 bits per heavy atom. The second-order valence-electron chi connectivity index (χ2n) is 5.99. The fourth-order valence-corrected chi connectivity index (χ4v) is 2.74. The molecule has 0 saturated carbocycles. The van der Waals surface area contributed by atoms with Crippen molar-refractivity contribution >= 4 is 5.91 Å². The molecule has 1 aromatic carbocycles. The molecule has 1 aliphatic rings. The SMILES string of the molecule is N/C(=C\C(=O)N1CCn2c(nnc2C(F)(F)F)C1)Cc1ccc(F)c(F)c1. The van der Waals surface area contributed by atoms with Gasteiger partial charge in [-0.05, 0) is 17.7 Å². The van der Waals surface area contributed by atoms with Gasteiger partial charge in [-0.2, -0.15) is 13.2 Å². The van der Waals surface area contributed by atoms with E-state index in [0.717, 1.165) is 22.8 Å². The highest BCUT2D eigenvalue weighted by atomic mass is 19.4. The van der Waals surface area contributed by atoms with Gasteiger partial charge >= 0.3 is 6.18 Å². The lowest BCUT2D eigenvalue weighted by Crippen LogP contribution is -2.38. The summed E-state index contributed by atoms with van der Waals surface area (Å²) in [6, 6.07) is 3.27. The Labute approximate surface area is 150 Å². The van der Waals surface area contributed by atoms with Crippen LogP contribution in [0.4, 0.5) is 22.0 Å². The summed E-state index contributed by atoms with van der Waals surface area (Å²) in [6.45, 7) is -0.210. The third-order valence-electron chi connectivity index (χ3n) is 4.02. The van der Waals surface area contributed by atoms with Gasteiger partial charge in [0, 0.05) is 31.3 Å². The number of aromatic nitrogens is 3. The van der Waals surface area contributed by atoms with Gasteiger partial charge in [0.05, 0.1) is 6.54 Å². The molecule has 0 radical (unpaired) electrons. The van der Waals surface area contributed by atoms with Crippen molar-refractivity contribution in [2.45, 2.75) is 25.7 Å². The number of fused-ring (bicyclic) bond motifs is 1. The number of allylic oxidation sites excluding steroid dienone is 1. The fourth-order valence-electron chi connectivity index (χ4n) is 2.74. The lowest BCUT2D eigenvalue weighted by molar-refractivity contribution is -0.148. The number of hydrogen-bond acceptors (Lipinski definition) is 4. The van der Waals surface area contributed by atoms with E-state index in [2.05, 4.69) is 10.2 Å². The van der Waals surface area contributed by atoms with E-state index >= 15 is 0 Å². The molecule has 0 unspecified atom stereocenters. The molecule has 0 atom stereocenters. The number of amides is 1. The number of halogens is 5. The summed E-state index contributed by atoms with van der Waals surface area (Å²) < 4.78 is 65.5. The zero-order valence-corrected chi connectivity index (χ0v) is 13.8. The molecule has 2 heterocycles. The molecule has 1 aromatic heterocycles. The summed E-state index contributed by atoms with van der Waals surface area (Å²) in [5.74, 6) is -3.61. The van der Waals surface area contributed by atoms with Crippen LogP contribution in [0, 0.1) is 11.6 Å². The van der Waals surface area contributed by atoms with E-state index in [1.165, 1.54) is 11.0 Å². The van der Waals surface area contributed by atoms with Gasteiger partial charge in [0.2, 0.25) is 11.7 Å². The summed E-state index contributed by atoms with van der Waals surface area (Å²) in [7, 11) is 0. The van der Waals surface area contributed by atoms with Crippen LogP contribution in [0.3, 0.4) is 0 Å². The Hall–Kier alpha value is -2.98. The average Bonchev–Trinajstić information content (AvgIpc) is 3.01. The topological polar surface area (TPSA) is 77.0 Å². The van der Waals surface area contributed by atoms with Crippen LogP contribution in [-0.2, 0) is 30.5 Å². The summed E-state index contributed by atoms with van der Waals surface area (Å²) in [4.78, 5) is 13.6. The minimum Gasteiger partial charge on any atom is -0.402 e. The molecule has 0 saturated heterocycles. The van der Waals surface area contributed by atoms with Crippen LogP contribution in [0.2, 0.25) is 0 Å². The first kappa shape index (κ1) is 18.8. The first-order valence-corrected chi connectivity index (χ1v) is 7.83. The number of benzene rings is 1. The van der Waals surface area contributed by atoms with Gasteiger partial charge in [-0.1, -0.05) is 6.07 Å². The van der Waals surface area contributed by atoms with Crippen molar-refractivity contribution in [3.05, 3.63) is 58.8 Å². The first-order valence-electron chi connectivity index (χ1n) is 7.83. The van der Waals surface area contributed by atoms with Gasteiger partial charge in [0.15, 0.2) is 17.5 Å². The summed E-state index contributed by atoms with van der Waals surface area (Å²) in [5.41, 5.74) is 6.26. The third kappa shape index (κ3) is 4.07. The number of carbonyl (C=O) groups is 1. The molecule has 0 bridgehead atoms. The van der Waals surface area contributed by atoms with E-state index in [9.17, 15) is 26.7 Å². The molecule has 6 nitrogen and oxygen atoms in total. The summed E-state index contributed by atoms with van der Waals surface area (Å²) >= 11 is 0. The number of hydrogen-bond donors (Lipinski definition) is 1. The highest BCUT2D eigenvalue weighted by Crippen LogP contribution is 2.29. The molecule has 2 N–H and O–H groups in total. The number of carbonyl (C=O) groups excluding carboxylic acids is 1. The second kappa shape index (κ2) is 6.97. The van der Waals surface area contributed by atoms with E-state index < -0.39 is 29.5 Å². The normalized spacial score (nSPS) is 15.0. The minimum atomic E-state index is -4.62. The molecular formula is C16H14F5N5O. The molecule has 27 heavy (non-hydrogen) atoms. The van der Waals surface area contributed by atoms with Gasteiger partial charge in [0.1, 0.15) is 0 Å². The van der Waals surface area contributed by atoms with Crippen molar-refractivity contribution in [1.29, 1.82) is 0 Å². The van der Waals surface area contributed by atoms with Gasteiger partial charge in [-0.25, -0.2) is 8.78 Å². The van der Waals surface area contributed by atoms with Gasteiger partial charge < -0.3 is 15.2 Å². The number of nitrogens with zero attached hydrogens (tertiary/aromatic N) is 4. The highest BCUT2D eigenvalue weighted by Gasteiger charge is 2.39. The Bertz CT molecular complexity index is 905. The van der Waals surface area contributed by atoms with Crippen molar-refractivity contribution in [2.24, 2.45) is 5.73 Å². The predicted molar refractivity (Wildman–Crippen MR) is 82.8 cm³/mol. The predicted octanol–water partition coefficient (Wildman–Crippen LogP) is 2.00. The number of alkyl halides is 3. The van der Waals surface area contributed by atoms with Gasteiger partial charge in [-0.15, -0.1) is 10.2 Å². The lowest BCUT2D eigenvalue weighted by Gasteiger charge is -2.27. The molecule has 3 rings (SSSR count). The van der Waals surface area contributed by atoms with Crippen molar-refractivity contribution in [1.82, 2.24) is 19.7 Å². The maximum absolute atomic E-state index is 13.2. The fraction of sp³-hybridized carbons (Fsp3) is 0.312. The Kier molecular flexibility index (Phi) is 4.85. The molecule has 1 amide bonds. The third-order valence-corrected chi connectivity index (χ3v) is 4.02. The lowest BCUT2D eigenvalue weighted by atomic mass is 10.1. The van der Waals surface area contributed by atoms with Crippen molar-refractivity contribution < 1.29 is 26.7 Å². The maximum Gasteiger partial charge on any atom is 0.451 e. The van der Waals surface area contributed by atoms with Crippen LogP contribution in [0.1, 0.15) is 17.2 Å². The highest BCUT2D eigenvalue weighted by molar-refractivity contribution is 5.88. The van der Waals surface area contributed by atoms with E-state index in [0.29, 0.717) is 5.56 Å². The maximum atomic E-state index is 13.2.